The van der Waals surface area contributed by atoms with Gasteiger partial charge in [-0.05, 0) is 61.9 Å². The quantitative estimate of drug-likeness (QED) is 0.588. The molecule has 1 aromatic carbocycles. The molecule has 23 heavy (non-hydrogen) atoms. The fraction of sp³-hybridized carbons (Fsp3) is 0.444. The number of aliphatic imine (C=N–C) groups is 1. The molecule has 0 bridgehead atoms. The predicted molar refractivity (Wildman–Crippen MR) is 90.9 cm³/mol. The van der Waals surface area contributed by atoms with E-state index >= 15 is 0 Å². The Kier molecular flexibility index (Phi) is 6.94. The van der Waals surface area contributed by atoms with Crippen LogP contribution < -0.4 is 5.73 Å². The highest BCUT2D eigenvalue weighted by molar-refractivity contribution is 5.98. The summed E-state index contributed by atoms with van der Waals surface area (Å²) in [5, 5.41) is 8.97. The minimum atomic E-state index is -0.893. The van der Waals surface area contributed by atoms with Gasteiger partial charge in [0.05, 0.1) is 6.42 Å². The van der Waals surface area contributed by atoms with Crippen molar-refractivity contribution in [1.29, 1.82) is 0 Å². The van der Waals surface area contributed by atoms with Crippen molar-refractivity contribution in [2.75, 3.05) is 0 Å². The molecule has 0 aliphatic carbocycles. The summed E-state index contributed by atoms with van der Waals surface area (Å²) < 4.78 is 13.4. The smallest absolute Gasteiger partial charge is 0.307 e. The van der Waals surface area contributed by atoms with Crippen LogP contribution in [0.3, 0.4) is 0 Å². The van der Waals surface area contributed by atoms with Gasteiger partial charge in [0, 0.05) is 11.3 Å². The molecule has 0 fully saturated rings. The van der Waals surface area contributed by atoms with E-state index < -0.39 is 5.97 Å². The van der Waals surface area contributed by atoms with E-state index in [1.807, 2.05) is 0 Å². The molecule has 0 saturated carbocycles. The van der Waals surface area contributed by atoms with Crippen LogP contribution in [-0.2, 0) is 4.79 Å². The minimum Gasteiger partial charge on any atom is -0.481 e. The standard InChI is InChI=1S/C18H25FN2O2/c1-11(2)5-8-16(13(4)10-17(22)23)21-18(20)14-6-7-15(19)12(3)9-14/h6-7,9,11H,5,8,10H2,1-4H3,(H2,20,21)(H,22,23)/b16-13+. The number of carboxylic acids is 1. The maximum Gasteiger partial charge on any atom is 0.307 e. The highest BCUT2D eigenvalue weighted by Gasteiger charge is 2.10. The zero-order valence-electron chi connectivity index (χ0n) is 14.2. The molecule has 0 aliphatic rings. The number of carbonyl (C=O) groups is 1. The Hall–Kier alpha value is -2.17. The number of allylic oxidation sites excluding steroid dienone is 1. The zero-order chi connectivity index (χ0) is 17.6. The Labute approximate surface area is 136 Å². The fourth-order valence-electron chi connectivity index (χ4n) is 2.13. The summed E-state index contributed by atoms with van der Waals surface area (Å²) in [5.41, 5.74) is 8.55. The van der Waals surface area contributed by atoms with Crippen LogP contribution in [0.1, 0.15) is 51.2 Å². The summed E-state index contributed by atoms with van der Waals surface area (Å²) >= 11 is 0. The van der Waals surface area contributed by atoms with Crippen LogP contribution in [-0.4, -0.2) is 16.9 Å². The molecule has 4 nitrogen and oxygen atoms in total. The number of hydrogen-bond donors (Lipinski definition) is 2. The molecule has 0 unspecified atom stereocenters. The van der Waals surface area contributed by atoms with E-state index in [0.29, 0.717) is 34.7 Å². The van der Waals surface area contributed by atoms with Crippen LogP contribution in [0.15, 0.2) is 34.5 Å². The van der Waals surface area contributed by atoms with Crippen LogP contribution in [0.25, 0.3) is 0 Å². The molecule has 0 saturated heterocycles. The molecule has 1 rings (SSSR count). The first-order chi connectivity index (χ1) is 10.7. The molecule has 0 aliphatic heterocycles. The van der Waals surface area contributed by atoms with Gasteiger partial charge in [0.15, 0.2) is 0 Å². The number of amidine groups is 1. The van der Waals surface area contributed by atoms with E-state index in [4.69, 9.17) is 10.8 Å². The summed E-state index contributed by atoms with van der Waals surface area (Å²) in [4.78, 5) is 15.4. The molecule has 0 heterocycles. The monoisotopic (exact) mass is 320 g/mol. The normalized spacial score (nSPS) is 13.2. The van der Waals surface area contributed by atoms with E-state index in [9.17, 15) is 9.18 Å². The van der Waals surface area contributed by atoms with Crippen molar-refractivity contribution in [2.45, 2.75) is 47.0 Å². The van der Waals surface area contributed by atoms with Crippen LogP contribution >= 0.6 is 0 Å². The molecule has 126 valence electrons. The van der Waals surface area contributed by atoms with E-state index in [2.05, 4.69) is 18.8 Å². The van der Waals surface area contributed by atoms with Gasteiger partial charge in [0.1, 0.15) is 11.7 Å². The number of nitrogens with two attached hydrogens (primary N) is 1. The molecule has 0 aromatic heterocycles. The second kappa shape index (κ2) is 8.46. The maximum atomic E-state index is 13.4. The van der Waals surface area contributed by atoms with Gasteiger partial charge < -0.3 is 10.8 Å². The van der Waals surface area contributed by atoms with Gasteiger partial charge in [-0.3, -0.25) is 4.79 Å². The summed E-state index contributed by atoms with van der Waals surface area (Å²) in [6.45, 7) is 7.62. The molecular weight excluding hydrogens is 295 g/mol. The summed E-state index contributed by atoms with van der Waals surface area (Å²) in [7, 11) is 0. The van der Waals surface area contributed by atoms with Gasteiger partial charge in [-0.25, -0.2) is 9.38 Å². The highest BCUT2D eigenvalue weighted by Crippen LogP contribution is 2.20. The van der Waals surface area contributed by atoms with Gasteiger partial charge in [-0.15, -0.1) is 0 Å². The predicted octanol–water partition coefficient (Wildman–Crippen LogP) is 4.02. The third-order valence-corrected chi connectivity index (χ3v) is 3.58. The maximum absolute atomic E-state index is 13.4. The van der Waals surface area contributed by atoms with Gasteiger partial charge in [-0.2, -0.15) is 0 Å². The third kappa shape index (κ3) is 6.22. The number of aryl methyl sites for hydroxylation is 1. The van der Waals surface area contributed by atoms with Crippen LogP contribution in [0.2, 0.25) is 0 Å². The minimum absolute atomic E-state index is 0.0628. The molecule has 3 N–H and O–H groups in total. The summed E-state index contributed by atoms with van der Waals surface area (Å²) in [6, 6.07) is 4.57. The molecule has 1 aromatic rings. The number of carboxylic acid groups (broad SMARTS) is 1. The Morgan fingerprint density at radius 1 is 1.39 bits per heavy atom. The van der Waals surface area contributed by atoms with Crippen molar-refractivity contribution in [2.24, 2.45) is 16.6 Å². The van der Waals surface area contributed by atoms with Crippen molar-refractivity contribution in [3.63, 3.8) is 0 Å². The number of aliphatic carboxylic acids is 1. The van der Waals surface area contributed by atoms with E-state index in [0.717, 1.165) is 6.42 Å². The van der Waals surface area contributed by atoms with Crippen LogP contribution in [0, 0.1) is 18.7 Å². The summed E-state index contributed by atoms with van der Waals surface area (Å²) in [6.07, 6.45) is 1.50. The Morgan fingerprint density at radius 3 is 2.57 bits per heavy atom. The second-order valence-corrected chi connectivity index (χ2v) is 6.19. The first-order valence-electron chi connectivity index (χ1n) is 7.71. The van der Waals surface area contributed by atoms with Gasteiger partial charge >= 0.3 is 5.97 Å². The third-order valence-electron chi connectivity index (χ3n) is 3.58. The number of nitrogens with zero attached hydrogens (tertiary/aromatic N) is 1. The Balaban J connectivity index is 3.14. The van der Waals surface area contributed by atoms with Crippen LogP contribution in [0.4, 0.5) is 4.39 Å². The molecule has 0 spiro atoms. The average molecular weight is 320 g/mol. The molecule has 0 radical (unpaired) electrons. The fourth-order valence-corrected chi connectivity index (χ4v) is 2.13. The average Bonchev–Trinajstić information content (AvgIpc) is 2.44. The molecule has 5 heteroatoms. The van der Waals surface area contributed by atoms with Gasteiger partial charge in [0.25, 0.3) is 0 Å². The first-order valence-corrected chi connectivity index (χ1v) is 7.71. The Morgan fingerprint density at radius 2 is 2.04 bits per heavy atom. The largest absolute Gasteiger partial charge is 0.481 e. The lowest BCUT2D eigenvalue weighted by atomic mass is 10.0. The number of halogens is 1. The van der Waals surface area contributed by atoms with E-state index in [1.54, 1.807) is 26.0 Å². The lowest BCUT2D eigenvalue weighted by Gasteiger charge is -2.11. The topological polar surface area (TPSA) is 75.7 Å². The Bertz CT molecular complexity index is 634. The second-order valence-electron chi connectivity index (χ2n) is 6.19. The molecule has 0 amide bonds. The first kappa shape index (κ1) is 18.9. The van der Waals surface area contributed by atoms with E-state index in [-0.39, 0.29) is 18.1 Å². The van der Waals surface area contributed by atoms with Crippen molar-refractivity contribution < 1.29 is 14.3 Å². The van der Waals surface area contributed by atoms with Crippen LogP contribution in [0.5, 0.6) is 0 Å². The van der Waals surface area contributed by atoms with Crippen molar-refractivity contribution >= 4 is 11.8 Å². The lowest BCUT2D eigenvalue weighted by molar-refractivity contribution is -0.136. The lowest BCUT2D eigenvalue weighted by Crippen LogP contribution is -2.14. The highest BCUT2D eigenvalue weighted by atomic mass is 19.1. The number of benzene rings is 1. The van der Waals surface area contributed by atoms with Gasteiger partial charge in [-0.1, -0.05) is 13.8 Å². The van der Waals surface area contributed by atoms with Crippen molar-refractivity contribution in [3.05, 3.63) is 46.4 Å². The van der Waals surface area contributed by atoms with Crippen molar-refractivity contribution in [1.82, 2.24) is 0 Å². The zero-order valence-corrected chi connectivity index (χ0v) is 14.2. The molecular formula is C18H25FN2O2. The number of rotatable bonds is 7. The van der Waals surface area contributed by atoms with Gasteiger partial charge in [0.2, 0.25) is 0 Å². The van der Waals surface area contributed by atoms with E-state index in [1.165, 1.54) is 6.07 Å². The molecule has 0 atom stereocenters. The van der Waals surface area contributed by atoms with Crippen molar-refractivity contribution in [3.8, 4) is 0 Å². The SMILES string of the molecule is C/C(CC(=O)O)=C(/CCC(C)C)N=C(N)c1ccc(F)c(C)c1. The summed E-state index contributed by atoms with van der Waals surface area (Å²) in [5.74, 6) is -0.432. The number of hydrogen-bond acceptors (Lipinski definition) is 2.